The van der Waals surface area contributed by atoms with Gasteiger partial charge in [-0.15, -0.1) is 0 Å². The average Bonchev–Trinajstić information content (AvgIpc) is 2.30. The van der Waals surface area contributed by atoms with Crippen LogP contribution in [0.25, 0.3) is 0 Å². The lowest BCUT2D eigenvalue weighted by Crippen LogP contribution is -2.25. The Bertz CT molecular complexity index is 359. The number of hydrogen-bond donors (Lipinski definition) is 0. The fourth-order valence-electron chi connectivity index (χ4n) is 2.39. The number of hydrogen-bond acceptors (Lipinski definition) is 2. The van der Waals surface area contributed by atoms with Gasteiger partial charge in [-0.2, -0.15) is 0 Å². The largest absolute Gasteiger partial charge is 0.497 e. The summed E-state index contributed by atoms with van der Waals surface area (Å²) in [5.74, 6) is 1.59. The highest BCUT2D eigenvalue weighted by Crippen LogP contribution is 2.32. The first-order valence-corrected chi connectivity index (χ1v) is 6.10. The van der Waals surface area contributed by atoms with Crippen LogP contribution in [0.3, 0.4) is 0 Å². The van der Waals surface area contributed by atoms with E-state index in [2.05, 4.69) is 25.1 Å². The van der Waals surface area contributed by atoms with Gasteiger partial charge in [0.1, 0.15) is 5.75 Å². The average molecular weight is 240 g/mol. The minimum atomic E-state index is 0.654. The van der Waals surface area contributed by atoms with Crippen molar-refractivity contribution in [1.29, 1.82) is 0 Å². The summed E-state index contributed by atoms with van der Waals surface area (Å²) in [6.07, 6.45) is 2.30. The molecule has 2 nitrogen and oxygen atoms in total. The zero-order valence-corrected chi connectivity index (χ0v) is 10.6. The molecule has 0 unspecified atom stereocenters. The molecule has 0 bridgehead atoms. The van der Waals surface area contributed by atoms with E-state index in [1.165, 1.54) is 11.1 Å². The molecule has 1 heterocycles. The molecule has 88 valence electrons. The van der Waals surface area contributed by atoms with Crippen LogP contribution < -0.4 is 4.74 Å². The van der Waals surface area contributed by atoms with Crippen molar-refractivity contribution in [3.63, 3.8) is 0 Å². The number of halogens is 1. The summed E-state index contributed by atoms with van der Waals surface area (Å²) in [6, 6.07) is 6.36. The highest BCUT2D eigenvalue weighted by Gasteiger charge is 2.20. The molecule has 2 rings (SSSR count). The van der Waals surface area contributed by atoms with Crippen LogP contribution >= 0.6 is 11.8 Å². The van der Waals surface area contributed by atoms with E-state index in [1.54, 1.807) is 7.11 Å². The third-order valence-corrected chi connectivity index (χ3v) is 3.70. The molecule has 0 N–H and O–H groups in total. The van der Waals surface area contributed by atoms with Crippen LogP contribution in [0.2, 0.25) is 0 Å². The molecule has 1 aliphatic rings. The van der Waals surface area contributed by atoms with Crippen LogP contribution in [0, 0.1) is 6.92 Å². The maximum atomic E-state index is 5.97. The Labute approximate surface area is 102 Å². The summed E-state index contributed by atoms with van der Waals surface area (Å²) < 4.78 is 7.11. The Hall–Kier alpha value is -0.730. The first kappa shape index (κ1) is 11.7. The minimum absolute atomic E-state index is 0.654. The summed E-state index contributed by atoms with van der Waals surface area (Å²) in [6.45, 7) is 4.13. The van der Waals surface area contributed by atoms with Gasteiger partial charge in [0.05, 0.1) is 7.11 Å². The smallest absolute Gasteiger partial charge is 0.119 e. The van der Waals surface area contributed by atoms with E-state index in [1.807, 2.05) is 4.42 Å². The highest BCUT2D eigenvalue weighted by molar-refractivity contribution is 6.13. The predicted molar refractivity (Wildman–Crippen MR) is 67.1 cm³/mol. The van der Waals surface area contributed by atoms with E-state index in [0.717, 1.165) is 31.7 Å². The molecular formula is C13H18ClNO. The lowest BCUT2D eigenvalue weighted by atomic mass is 9.87. The molecule has 1 saturated heterocycles. The van der Waals surface area contributed by atoms with Gasteiger partial charge in [0.25, 0.3) is 0 Å². The fourth-order valence-corrected chi connectivity index (χ4v) is 2.59. The fraction of sp³-hybridized carbons (Fsp3) is 0.538. The Kier molecular flexibility index (Phi) is 3.72. The Morgan fingerprint density at radius 1 is 1.31 bits per heavy atom. The van der Waals surface area contributed by atoms with Crippen molar-refractivity contribution in [2.75, 3.05) is 20.2 Å². The molecule has 0 spiro atoms. The number of nitrogens with zero attached hydrogens (tertiary/aromatic N) is 1. The van der Waals surface area contributed by atoms with E-state index in [0.29, 0.717) is 5.92 Å². The number of methoxy groups -OCH3 is 1. The van der Waals surface area contributed by atoms with E-state index in [4.69, 9.17) is 16.5 Å². The zero-order valence-electron chi connectivity index (χ0n) is 9.87. The Balaban J connectivity index is 2.14. The van der Waals surface area contributed by atoms with Crippen LogP contribution in [0.4, 0.5) is 0 Å². The lowest BCUT2D eigenvalue weighted by Gasteiger charge is -2.28. The third-order valence-electron chi connectivity index (χ3n) is 3.36. The summed E-state index contributed by atoms with van der Waals surface area (Å²) in [5, 5.41) is 0. The van der Waals surface area contributed by atoms with Crippen molar-refractivity contribution in [3.8, 4) is 5.75 Å². The molecule has 0 radical (unpaired) electrons. The molecule has 0 saturated carbocycles. The second-order valence-corrected chi connectivity index (χ2v) is 4.88. The van der Waals surface area contributed by atoms with Crippen LogP contribution in [-0.2, 0) is 0 Å². The monoisotopic (exact) mass is 239 g/mol. The molecule has 1 aromatic carbocycles. The number of ether oxygens (including phenoxy) is 1. The minimum Gasteiger partial charge on any atom is -0.497 e. The van der Waals surface area contributed by atoms with Crippen molar-refractivity contribution < 1.29 is 4.74 Å². The van der Waals surface area contributed by atoms with Crippen molar-refractivity contribution in [3.05, 3.63) is 29.3 Å². The maximum Gasteiger partial charge on any atom is 0.119 e. The first-order valence-electron chi connectivity index (χ1n) is 5.76. The molecule has 0 amide bonds. The van der Waals surface area contributed by atoms with E-state index < -0.39 is 0 Å². The Morgan fingerprint density at radius 3 is 2.56 bits per heavy atom. The molecule has 16 heavy (non-hydrogen) atoms. The third kappa shape index (κ3) is 2.50. The summed E-state index contributed by atoms with van der Waals surface area (Å²) in [5.41, 5.74) is 2.78. The maximum absolute atomic E-state index is 5.97. The van der Waals surface area contributed by atoms with Gasteiger partial charge in [-0.3, -0.25) is 0 Å². The second kappa shape index (κ2) is 5.07. The van der Waals surface area contributed by atoms with Crippen molar-refractivity contribution in [2.45, 2.75) is 25.7 Å². The van der Waals surface area contributed by atoms with Gasteiger partial charge in [-0.05, 0) is 60.7 Å². The zero-order chi connectivity index (χ0) is 11.5. The van der Waals surface area contributed by atoms with Gasteiger partial charge in [0.15, 0.2) is 0 Å². The van der Waals surface area contributed by atoms with Gasteiger partial charge in [0.2, 0.25) is 0 Å². The molecule has 1 fully saturated rings. The van der Waals surface area contributed by atoms with Gasteiger partial charge in [-0.25, -0.2) is 4.42 Å². The van der Waals surface area contributed by atoms with Crippen molar-refractivity contribution in [2.24, 2.45) is 0 Å². The molecule has 1 aliphatic heterocycles. The number of benzene rings is 1. The lowest BCUT2D eigenvalue weighted by molar-refractivity contribution is 0.335. The van der Waals surface area contributed by atoms with Crippen molar-refractivity contribution in [1.82, 2.24) is 4.42 Å². The van der Waals surface area contributed by atoms with Gasteiger partial charge < -0.3 is 4.74 Å². The molecular weight excluding hydrogens is 222 g/mol. The van der Waals surface area contributed by atoms with Crippen LogP contribution in [0.5, 0.6) is 5.75 Å². The van der Waals surface area contributed by atoms with E-state index in [-0.39, 0.29) is 0 Å². The highest BCUT2D eigenvalue weighted by atomic mass is 35.5. The number of piperidine rings is 1. The Morgan fingerprint density at radius 2 is 2.00 bits per heavy atom. The predicted octanol–water partition coefficient (Wildman–Crippen LogP) is 3.34. The second-order valence-electron chi connectivity index (χ2n) is 4.41. The van der Waals surface area contributed by atoms with E-state index >= 15 is 0 Å². The molecule has 0 aliphatic carbocycles. The quantitative estimate of drug-likeness (QED) is 0.734. The van der Waals surface area contributed by atoms with Gasteiger partial charge >= 0.3 is 0 Å². The van der Waals surface area contributed by atoms with Crippen LogP contribution in [-0.4, -0.2) is 24.6 Å². The number of aryl methyl sites for hydroxylation is 1. The summed E-state index contributed by atoms with van der Waals surface area (Å²) in [4.78, 5) is 0. The number of rotatable bonds is 2. The van der Waals surface area contributed by atoms with Gasteiger partial charge in [0, 0.05) is 13.1 Å². The molecule has 1 aromatic rings. The van der Waals surface area contributed by atoms with Gasteiger partial charge in [-0.1, -0.05) is 6.07 Å². The van der Waals surface area contributed by atoms with Crippen LogP contribution in [0.15, 0.2) is 18.2 Å². The summed E-state index contributed by atoms with van der Waals surface area (Å²) >= 11 is 5.97. The SMILES string of the molecule is COc1ccc(C2CCN(Cl)CC2)c(C)c1. The molecule has 0 aromatic heterocycles. The summed E-state index contributed by atoms with van der Waals surface area (Å²) in [7, 11) is 1.71. The topological polar surface area (TPSA) is 12.5 Å². The first-order chi connectivity index (χ1) is 7.70. The van der Waals surface area contributed by atoms with E-state index in [9.17, 15) is 0 Å². The molecule has 0 atom stereocenters. The molecule has 3 heteroatoms. The standard InChI is InChI=1S/C13H18ClNO/c1-10-9-12(16-2)3-4-13(10)11-5-7-15(14)8-6-11/h3-4,9,11H,5-8H2,1-2H3. The normalized spacial score (nSPS) is 18.7. The van der Waals surface area contributed by atoms with Crippen LogP contribution in [0.1, 0.15) is 29.9 Å². The van der Waals surface area contributed by atoms with Crippen molar-refractivity contribution >= 4 is 11.8 Å².